The molecule has 1 aromatic rings. The summed E-state index contributed by atoms with van der Waals surface area (Å²) in [4.78, 5) is 21.3. The standard InChI is InChI=1S/C9H7BrO4/c10-6-3-1-5(2-4-6)7(8(11)12)9(13)14/h1-4,7H,(H,11,12)(H,13,14). The minimum absolute atomic E-state index is 0.258. The fraction of sp³-hybridized carbons (Fsp3) is 0.111. The molecule has 0 aliphatic rings. The number of hydrogen-bond donors (Lipinski definition) is 2. The second-order valence-corrected chi connectivity index (χ2v) is 3.58. The Morgan fingerprint density at radius 3 is 1.86 bits per heavy atom. The van der Waals surface area contributed by atoms with Crippen molar-refractivity contribution in [1.29, 1.82) is 0 Å². The number of carboxylic acids is 2. The third-order valence-corrected chi connectivity index (χ3v) is 2.23. The molecule has 0 aliphatic heterocycles. The molecule has 1 aromatic carbocycles. The van der Waals surface area contributed by atoms with Crippen molar-refractivity contribution < 1.29 is 19.8 Å². The highest BCUT2D eigenvalue weighted by molar-refractivity contribution is 9.10. The molecule has 0 spiro atoms. The van der Waals surface area contributed by atoms with Gasteiger partial charge in [-0.2, -0.15) is 0 Å². The molecule has 0 unspecified atom stereocenters. The van der Waals surface area contributed by atoms with Gasteiger partial charge in [0.1, 0.15) is 0 Å². The van der Waals surface area contributed by atoms with Crippen molar-refractivity contribution >= 4 is 27.9 Å². The highest BCUT2D eigenvalue weighted by Crippen LogP contribution is 2.19. The Labute approximate surface area is 88.3 Å². The summed E-state index contributed by atoms with van der Waals surface area (Å²) in [5.41, 5.74) is 0.258. The minimum atomic E-state index is -1.50. The molecular weight excluding hydrogens is 252 g/mol. The maximum atomic E-state index is 10.6. The Hall–Kier alpha value is -1.36. The lowest BCUT2D eigenvalue weighted by Crippen LogP contribution is -2.20. The van der Waals surface area contributed by atoms with Crippen molar-refractivity contribution in [3.8, 4) is 0 Å². The molecule has 0 amide bonds. The van der Waals surface area contributed by atoms with E-state index in [9.17, 15) is 9.59 Å². The molecule has 0 heterocycles. The Bertz CT molecular complexity index is 344. The molecule has 0 fully saturated rings. The Kier molecular flexibility index (Phi) is 3.24. The summed E-state index contributed by atoms with van der Waals surface area (Å²) in [5, 5.41) is 17.3. The molecule has 0 saturated carbocycles. The summed E-state index contributed by atoms with van der Waals surface area (Å²) in [7, 11) is 0. The topological polar surface area (TPSA) is 74.6 Å². The van der Waals surface area contributed by atoms with Crippen LogP contribution in [-0.4, -0.2) is 22.2 Å². The second kappa shape index (κ2) is 4.23. The summed E-state index contributed by atoms with van der Waals surface area (Å²) in [5.74, 6) is -4.22. The summed E-state index contributed by atoms with van der Waals surface area (Å²) in [6.07, 6.45) is 0. The van der Waals surface area contributed by atoms with Crippen LogP contribution in [0.2, 0.25) is 0 Å². The van der Waals surface area contributed by atoms with Gasteiger partial charge in [0.05, 0.1) is 0 Å². The van der Waals surface area contributed by atoms with E-state index in [1.54, 1.807) is 12.1 Å². The van der Waals surface area contributed by atoms with E-state index in [1.165, 1.54) is 12.1 Å². The zero-order chi connectivity index (χ0) is 10.7. The van der Waals surface area contributed by atoms with Gasteiger partial charge in [-0.25, -0.2) is 0 Å². The van der Waals surface area contributed by atoms with Crippen molar-refractivity contribution in [3.05, 3.63) is 34.3 Å². The first-order chi connectivity index (χ1) is 6.52. The van der Waals surface area contributed by atoms with E-state index in [0.717, 1.165) is 4.47 Å². The normalized spacial score (nSPS) is 10.1. The molecule has 14 heavy (non-hydrogen) atoms. The van der Waals surface area contributed by atoms with E-state index in [-0.39, 0.29) is 5.56 Å². The fourth-order valence-electron chi connectivity index (χ4n) is 1.05. The van der Waals surface area contributed by atoms with Crippen LogP contribution in [0, 0.1) is 0 Å². The van der Waals surface area contributed by atoms with E-state index in [1.807, 2.05) is 0 Å². The lowest BCUT2D eigenvalue weighted by Gasteiger charge is -2.06. The molecule has 4 nitrogen and oxygen atoms in total. The predicted molar refractivity (Wildman–Crippen MR) is 52.2 cm³/mol. The van der Waals surface area contributed by atoms with Crippen molar-refractivity contribution in [2.24, 2.45) is 0 Å². The predicted octanol–water partition coefficient (Wildman–Crippen LogP) is 1.70. The zero-order valence-corrected chi connectivity index (χ0v) is 8.56. The fourth-order valence-corrected chi connectivity index (χ4v) is 1.31. The van der Waals surface area contributed by atoms with Gasteiger partial charge in [-0.3, -0.25) is 9.59 Å². The third kappa shape index (κ3) is 2.32. The number of benzene rings is 1. The van der Waals surface area contributed by atoms with E-state index in [2.05, 4.69) is 15.9 Å². The molecule has 0 aromatic heterocycles. The van der Waals surface area contributed by atoms with Gasteiger partial charge in [0.15, 0.2) is 5.92 Å². The molecule has 0 radical (unpaired) electrons. The molecule has 0 saturated heterocycles. The van der Waals surface area contributed by atoms with Crippen molar-refractivity contribution in [3.63, 3.8) is 0 Å². The molecule has 1 rings (SSSR count). The molecule has 5 heteroatoms. The van der Waals surface area contributed by atoms with E-state index in [0.29, 0.717) is 0 Å². The summed E-state index contributed by atoms with van der Waals surface area (Å²) < 4.78 is 0.774. The molecule has 2 N–H and O–H groups in total. The summed E-state index contributed by atoms with van der Waals surface area (Å²) in [6, 6.07) is 6.15. The molecular formula is C9H7BrO4. The smallest absolute Gasteiger partial charge is 0.322 e. The van der Waals surface area contributed by atoms with Crippen LogP contribution in [0.4, 0.5) is 0 Å². The van der Waals surface area contributed by atoms with Gasteiger partial charge >= 0.3 is 11.9 Å². The van der Waals surface area contributed by atoms with Crippen LogP contribution in [-0.2, 0) is 9.59 Å². The quantitative estimate of drug-likeness (QED) is 0.810. The second-order valence-electron chi connectivity index (χ2n) is 2.66. The highest BCUT2D eigenvalue weighted by Gasteiger charge is 2.27. The minimum Gasteiger partial charge on any atom is -0.480 e. The van der Waals surface area contributed by atoms with Gasteiger partial charge in [0.25, 0.3) is 0 Å². The number of hydrogen-bond acceptors (Lipinski definition) is 2. The monoisotopic (exact) mass is 258 g/mol. The molecule has 74 valence electrons. The van der Waals surface area contributed by atoms with Crippen molar-refractivity contribution in [1.82, 2.24) is 0 Å². The zero-order valence-electron chi connectivity index (χ0n) is 6.98. The maximum absolute atomic E-state index is 10.6. The van der Waals surface area contributed by atoms with Gasteiger partial charge in [0.2, 0.25) is 0 Å². The van der Waals surface area contributed by atoms with E-state index < -0.39 is 17.9 Å². The van der Waals surface area contributed by atoms with Gasteiger partial charge < -0.3 is 10.2 Å². The van der Waals surface area contributed by atoms with Gasteiger partial charge in [0, 0.05) is 4.47 Å². The number of aliphatic carboxylic acids is 2. The highest BCUT2D eigenvalue weighted by atomic mass is 79.9. The number of halogens is 1. The number of rotatable bonds is 3. The van der Waals surface area contributed by atoms with Crippen LogP contribution in [0.5, 0.6) is 0 Å². The van der Waals surface area contributed by atoms with E-state index >= 15 is 0 Å². The lowest BCUT2D eigenvalue weighted by atomic mass is 10.00. The van der Waals surface area contributed by atoms with Crippen LogP contribution < -0.4 is 0 Å². The first-order valence-electron chi connectivity index (χ1n) is 3.73. The first-order valence-corrected chi connectivity index (χ1v) is 4.52. The SMILES string of the molecule is O=C(O)C(C(=O)O)c1ccc(Br)cc1. The Morgan fingerprint density at radius 1 is 1.07 bits per heavy atom. The molecule has 0 atom stereocenters. The number of carboxylic acid groups (broad SMARTS) is 2. The summed E-state index contributed by atoms with van der Waals surface area (Å²) in [6.45, 7) is 0. The van der Waals surface area contributed by atoms with Crippen LogP contribution in [0.3, 0.4) is 0 Å². The van der Waals surface area contributed by atoms with Crippen molar-refractivity contribution in [2.45, 2.75) is 5.92 Å². The lowest BCUT2D eigenvalue weighted by molar-refractivity contribution is -0.150. The number of carbonyl (C=O) groups is 2. The average molecular weight is 259 g/mol. The van der Waals surface area contributed by atoms with Crippen LogP contribution in [0.1, 0.15) is 11.5 Å². The van der Waals surface area contributed by atoms with Crippen LogP contribution in [0.25, 0.3) is 0 Å². The average Bonchev–Trinajstić information content (AvgIpc) is 2.07. The Morgan fingerprint density at radius 2 is 1.50 bits per heavy atom. The largest absolute Gasteiger partial charge is 0.480 e. The third-order valence-electron chi connectivity index (χ3n) is 1.70. The van der Waals surface area contributed by atoms with E-state index in [4.69, 9.17) is 10.2 Å². The maximum Gasteiger partial charge on any atom is 0.322 e. The Balaban J connectivity index is 3.06. The van der Waals surface area contributed by atoms with Crippen LogP contribution in [0.15, 0.2) is 28.7 Å². The van der Waals surface area contributed by atoms with Gasteiger partial charge in [-0.1, -0.05) is 28.1 Å². The van der Waals surface area contributed by atoms with Gasteiger partial charge in [-0.05, 0) is 17.7 Å². The summed E-state index contributed by atoms with van der Waals surface area (Å²) >= 11 is 3.17. The first kappa shape index (κ1) is 10.7. The van der Waals surface area contributed by atoms with Gasteiger partial charge in [-0.15, -0.1) is 0 Å². The molecule has 0 aliphatic carbocycles. The van der Waals surface area contributed by atoms with Crippen molar-refractivity contribution in [2.75, 3.05) is 0 Å². The molecule has 0 bridgehead atoms. The van der Waals surface area contributed by atoms with Crippen LogP contribution >= 0.6 is 15.9 Å².